The third-order valence-electron chi connectivity index (χ3n) is 4.40. The molecular formula is C20H20N6OS2. The maximum atomic E-state index is 13.0. The summed E-state index contributed by atoms with van der Waals surface area (Å²) < 4.78 is 1.86. The van der Waals surface area contributed by atoms with Crippen LogP contribution in [0.3, 0.4) is 0 Å². The Balaban J connectivity index is 1.65. The summed E-state index contributed by atoms with van der Waals surface area (Å²) in [5.41, 5.74) is 2.53. The van der Waals surface area contributed by atoms with Gasteiger partial charge in [0.1, 0.15) is 5.03 Å². The number of fused-ring (bicyclic) bond motifs is 1. The molecule has 0 bridgehead atoms. The molecular weight excluding hydrogens is 404 g/mol. The first kappa shape index (κ1) is 19.5. The van der Waals surface area contributed by atoms with Crippen molar-refractivity contribution in [3.8, 4) is 10.7 Å². The van der Waals surface area contributed by atoms with Crippen LogP contribution >= 0.6 is 23.1 Å². The number of hydrogen-bond donors (Lipinski definition) is 1. The van der Waals surface area contributed by atoms with E-state index in [9.17, 15) is 4.79 Å². The standard InChI is InChI=1S/C20H20N6OS2/c1-11(2)26-18-13(9-22-26)8-14(10-21-18)24-19(27)16-12(3)23-17(25-20(16)28-4)15-6-5-7-29-15/h5-11H,1-4H3,(H,24,27). The van der Waals surface area contributed by atoms with Crippen LogP contribution in [0.4, 0.5) is 5.69 Å². The zero-order chi connectivity index (χ0) is 20.5. The SMILES string of the molecule is CSc1nc(-c2cccs2)nc(C)c1C(=O)Nc1cnc2c(cnn2C(C)C)c1. The minimum atomic E-state index is -0.248. The van der Waals surface area contributed by atoms with Crippen LogP contribution < -0.4 is 5.32 Å². The lowest BCUT2D eigenvalue weighted by atomic mass is 10.2. The number of amides is 1. The molecule has 0 aliphatic heterocycles. The summed E-state index contributed by atoms with van der Waals surface area (Å²) in [4.78, 5) is 27.6. The van der Waals surface area contributed by atoms with E-state index >= 15 is 0 Å². The predicted molar refractivity (Wildman–Crippen MR) is 118 cm³/mol. The summed E-state index contributed by atoms with van der Waals surface area (Å²) in [5, 5.41) is 10.8. The lowest BCUT2D eigenvalue weighted by Gasteiger charge is -2.12. The zero-order valence-electron chi connectivity index (χ0n) is 16.5. The second kappa shape index (κ2) is 7.92. The second-order valence-electron chi connectivity index (χ2n) is 6.77. The summed E-state index contributed by atoms with van der Waals surface area (Å²) >= 11 is 3.01. The van der Waals surface area contributed by atoms with E-state index in [4.69, 9.17) is 0 Å². The molecule has 4 heterocycles. The van der Waals surface area contributed by atoms with Gasteiger partial charge in [-0.25, -0.2) is 19.6 Å². The van der Waals surface area contributed by atoms with Crippen LogP contribution in [0.1, 0.15) is 35.9 Å². The van der Waals surface area contributed by atoms with Crippen molar-refractivity contribution in [3.63, 3.8) is 0 Å². The number of hydrogen-bond acceptors (Lipinski definition) is 7. The molecule has 0 atom stereocenters. The topological polar surface area (TPSA) is 85.6 Å². The van der Waals surface area contributed by atoms with Crippen LogP contribution in [0.2, 0.25) is 0 Å². The van der Waals surface area contributed by atoms with E-state index in [1.807, 2.05) is 41.4 Å². The summed E-state index contributed by atoms with van der Waals surface area (Å²) in [5.74, 6) is 0.393. The van der Waals surface area contributed by atoms with Gasteiger partial charge in [-0.2, -0.15) is 5.10 Å². The number of pyridine rings is 1. The second-order valence-corrected chi connectivity index (χ2v) is 8.51. The molecule has 9 heteroatoms. The molecule has 0 aliphatic carbocycles. The lowest BCUT2D eigenvalue weighted by molar-refractivity contribution is 0.102. The molecule has 0 aromatic carbocycles. The van der Waals surface area contributed by atoms with Crippen LogP contribution in [-0.2, 0) is 0 Å². The fraction of sp³-hybridized carbons (Fsp3) is 0.250. The minimum Gasteiger partial charge on any atom is -0.320 e. The number of carbonyl (C=O) groups excluding carboxylic acids is 1. The predicted octanol–water partition coefficient (Wildman–Crippen LogP) is 4.81. The van der Waals surface area contributed by atoms with Crippen molar-refractivity contribution in [1.82, 2.24) is 24.7 Å². The van der Waals surface area contributed by atoms with Crippen molar-refractivity contribution >= 4 is 45.7 Å². The molecule has 4 aromatic rings. The number of carbonyl (C=O) groups is 1. The Kier molecular flexibility index (Phi) is 5.33. The summed E-state index contributed by atoms with van der Waals surface area (Å²) in [6.07, 6.45) is 5.32. The third-order valence-corrected chi connectivity index (χ3v) is 5.95. The van der Waals surface area contributed by atoms with Gasteiger partial charge in [-0.15, -0.1) is 23.1 Å². The van der Waals surface area contributed by atoms with Crippen molar-refractivity contribution in [1.29, 1.82) is 0 Å². The van der Waals surface area contributed by atoms with Crippen LogP contribution in [0.15, 0.2) is 41.0 Å². The first-order chi connectivity index (χ1) is 14.0. The van der Waals surface area contributed by atoms with Crippen molar-refractivity contribution in [2.45, 2.75) is 31.8 Å². The molecule has 0 radical (unpaired) electrons. The van der Waals surface area contributed by atoms with Crippen LogP contribution in [-0.4, -0.2) is 36.9 Å². The van der Waals surface area contributed by atoms with Crippen LogP contribution in [0.25, 0.3) is 21.7 Å². The Morgan fingerprint density at radius 1 is 1.28 bits per heavy atom. The molecule has 4 aromatic heterocycles. The maximum absolute atomic E-state index is 13.0. The number of nitrogens with zero attached hydrogens (tertiary/aromatic N) is 5. The van der Waals surface area contributed by atoms with Gasteiger partial charge in [0.15, 0.2) is 11.5 Å². The summed E-state index contributed by atoms with van der Waals surface area (Å²) in [7, 11) is 0. The molecule has 7 nitrogen and oxygen atoms in total. The lowest BCUT2D eigenvalue weighted by Crippen LogP contribution is -2.17. The average Bonchev–Trinajstić information content (AvgIpc) is 3.36. The van der Waals surface area contributed by atoms with Gasteiger partial charge >= 0.3 is 0 Å². The van der Waals surface area contributed by atoms with Gasteiger partial charge in [-0.3, -0.25) is 4.79 Å². The van der Waals surface area contributed by atoms with Crippen molar-refractivity contribution in [2.24, 2.45) is 0 Å². The number of anilines is 1. The maximum Gasteiger partial charge on any atom is 0.260 e. The molecule has 1 N–H and O–H groups in total. The van der Waals surface area contributed by atoms with Crippen LogP contribution in [0.5, 0.6) is 0 Å². The highest BCUT2D eigenvalue weighted by Gasteiger charge is 2.20. The number of aromatic nitrogens is 5. The highest BCUT2D eigenvalue weighted by Crippen LogP contribution is 2.28. The van der Waals surface area contributed by atoms with E-state index in [1.54, 1.807) is 23.7 Å². The van der Waals surface area contributed by atoms with E-state index in [1.165, 1.54) is 11.8 Å². The van der Waals surface area contributed by atoms with E-state index < -0.39 is 0 Å². The zero-order valence-corrected chi connectivity index (χ0v) is 18.1. The van der Waals surface area contributed by atoms with Crippen LogP contribution in [0, 0.1) is 6.92 Å². The molecule has 0 spiro atoms. The van der Waals surface area contributed by atoms with Gasteiger partial charge in [0.05, 0.1) is 34.2 Å². The van der Waals surface area contributed by atoms with Gasteiger partial charge in [0.25, 0.3) is 5.91 Å². The molecule has 29 heavy (non-hydrogen) atoms. The Labute approximate surface area is 176 Å². The van der Waals surface area contributed by atoms with E-state index in [0.29, 0.717) is 27.8 Å². The Hall–Kier alpha value is -2.78. The normalized spacial score (nSPS) is 11.3. The van der Waals surface area contributed by atoms with E-state index in [2.05, 4.69) is 39.2 Å². The van der Waals surface area contributed by atoms with Gasteiger partial charge < -0.3 is 5.32 Å². The van der Waals surface area contributed by atoms with Gasteiger partial charge in [-0.1, -0.05) is 6.07 Å². The fourth-order valence-electron chi connectivity index (χ4n) is 3.05. The average molecular weight is 425 g/mol. The minimum absolute atomic E-state index is 0.214. The van der Waals surface area contributed by atoms with E-state index in [0.717, 1.165) is 15.9 Å². The highest BCUT2D eigenvalue weighted by atomic mass is 32.2. The quantitative estimate of drug-likeness (QED) is 0.365. The Morgan fingerprint density at radius 3 is 2.79 bits per heavy atom. The largest absolute Gasteiger partial charge is 0.320 e. The third kappa shape index (κ3) is 3.75. The molecule has 0 fully saturated rings. The van der Waals surface area contributed by atoms with Gasteiger partial charge in [0, 0.05) is 11.4 Å². The molecule has 0 saturated heterocycles. The number of rotatable bonds is 5. The molecule has 0 aliphatic rings. The number of aryl methyl sites for hydroxylation is 1. The highest BCUT2D eigenvalue weighted by molar-refractivity contribution is 7.98. The first-order valence-electron chi connectivity index (χ1n) is 9.09. The number of nitrogens with one attached hydrogen (secondary N) is 1. The monoisotopic (exact) mass is 424 g/mol. The smallest absolute Gasteiger partial charge is 0.260 e. The Morgan fingerprint density at radius 2 is 2.10 bits per heavy atom. The fourth-order valence-corrected chi connectivity index (χ4v) is 4.33. The molecule has 148 valence electrons. The Bertz CT molecular complexity index is 1180. The molecule has 1 amide bonds. The first-order valence-corrected chi connectivity index (χ1v) is 11.2. The van der Waals surface area contributed by atoms with Crippen molar-refractivity contribution in [2.75, 3.05) is 11.6 Å². The molecule has 4 rings (SSSR count). The molecule has 0 unspecified atom stereocenters. The summed E-state index contributed by atoms with van der Waals surface area (Å²) in [6, 6.07) is 6.02. The summed E-state index contributed by atoms with van der Waals surface area (Å²) in [6.45, 7) is 5.94. The van der Waals surface area contributed by atoms with Gasteiger partial charge in [0.2, 0.25) is 0 Å². The molecule has 0 saturated carbocycles. The van der Waals surface area contributed by atoms with E-state index in [-0.39, 0.29) is 11.9 Å². The number of thioether (sulfide) groups is 1. The van der Waals surface area contributed by atoms with Crippen molar-refractivity contribution in [3.05, 3.63) is 47.2 Å². The van der Waals surface area contributed by atoms with Gasteiger partial charge in [-0.05, 0) is 44.5 Å². The number of thiophene rings is 1. The van der Waals surface area contributed by atoms with Crippen molar-refractivity contribution < 1.29 is 4.79 Å².